The molecule has 0 aliphatic heterocycles. The van der Waals surface area contributed by atoms with Crippen LogP contribution in [0.4, 0.5) is 5.69 Å². The SMILES string of the molecule is O=[N+]([O-])c1c(Cl)cccc1P(=O)(c1ccccc1)c1ccccc1. The fourth-order valence-electron chi connectivity index (χ4n) is 2.64. The average molecular weight is 358 g/mol. The molecule has 0 spiro atoms. The molecular weight excluding hydrogens is 345 g/mol. The van der Waals surface area contributed by atoms with Gasteiger partial charge in [-0.2, -0.15) is 0 Å². The van der Waals surface area contributed by atoms with Crippen molar-refractivity contribution >= 4 is 40.3 Å². The molecule has 0 atom stereocenters. The van der Waals surface area contributed by atoms with Gasteiger partial charge in [0, 0.05) is 10.6 Å². The summed E-state index contributed by atoms with van der Waals surface area (Å²) in [5.74, 6) is 0. The Kier molecular flexibility index (Phi) is 4.52. The Morgan fingerprint density at radius 2 is 1.29 bits per heavy atom. The second kappa shape index (κ2) is 6.60. The number of rotatable bonds is 4. The predicted octanol–water partition coefficient (Wildman–Crippen LogP) is 3.89. The van der Waals surface area contributed by atoms with Gasteiger partial charge in [-0.15, -0.1) is 0 Å². The Labute approximate surface area is 144 Å². The standard InChI is InChI=1S/C18H13ClNO3P/c19-16-12-7-13-17(18(16)20(21)22)24(23,14-8-3-1-4-9-14)15-10-5-2-6-11-15/h1-13H. The van der Waals surface area contributed by atoms with E-state index >= 15 is 0 Å². The van der Waals surface area contributed by atoms with E-state index in [4.69, 9.17) is 11.6 Å². The zero-order valence-electron chi connectivity index (χ0n) is 12.5. The Morgan fingerprint density at radius 1 is 0.792 bits per heavy atom. The molecule has 0 aromatic heterocycles. The first kappa shape index (κ1) is 16.4. The number of para-hydroxylation sites is 1. The van der Waals surface area contributed by atoms with E-state index in [2.05, 4.69) is 0 Å². The Hall–Kier alpha value is -2.42. The van der Waals surface area contributed by atoms with Crippen LogP contribution in [0.3, 0.4) is 0 Å². The number of nitrogens with zero attached hydrogens (tertiary/aromatic N) is 1. The van der Waals surface area contributed by atoms with Gasteiger partial charge in [0.2, 0.25) is 0 Å². The number of halogens is 1. The topological polar surface area (TPSA) is 60.2 Å². The van der Waals surface area contributed by atoms with Crippen LogP contribution in [0.15, 0.2) is 78.9 Å². The first-order chi connectivity index (χ1) is 11.5. The van der Waals surface area contributed by atoms with Gasteiger partial charge in [-0.1, -0.05) is 78.3 Å². The lowest BCUT2D eigenvalue weighted by molar-refractivity contribution is -0.383. The highest BCUT2D eigenvalue weighted by molar-refractivity contribution is 7.85. The molecule has 0 saturated carbocycles. The molecule has 0 unspecified atom stereocenters. The summed E-state index contributed by atoms with van der Waals surface area (Å²) in [5.41, 5.74) is -0.310. The molecule has 3 rings (SSSR count). The van der Waals surface area contributed by atoms with Gasteiger partial charge in [0.15, 0.2) is 7.14 Å². The molecule has 0 heterocycles. The molecule has 0 amide bonds. The molecule has 0 radical (unpaired) electrons. The number of nitro benzene ring substituents is 1. The van der Waals surface area contributed by atoms with E-state index in [-0.39, 0.29) is 16.0 Å². The van der Waals surface area contributed by atoms with Crippen molar-refractivity contribution in [1.82, 2.24) is 0 Å². The first-order valence-electron chi connectivity index (χ1n) is 7.20. The average Bonchev–Trinajstić information content (AvgIpc) is 2.62. The van der Waals surface area contributed by atoms with Crippen LogP contribution in [-0.2, 0) is 4.57 Å². The van der Waals surface area contributed by atoms with E-state index in [1.54, 1.807) is 54.6 Å². The molecule has 24 heavy (non-hydrogen) atoms. The van der Waals surface area contributed by atoms with Crippen molar-refractivity contribution < 1.29 is 9.49 Å². The van der Waals surface area contributed by atoms with E-state index in [1.807, 2.05) is 12.1 Å². The Bertz CT molecular complexity index is 886. The summed E-state index contributed by atoms with van der Waals surface area (Å²) < 4.78 is 14.1. The van der Waals surface area contributed by atoms with Crippen LogP contribution >= 0.6 is 18.7 Å². The van der Waals surface area contributed by atoms with Crippen LogP contribution in [0.2, 0.25) is 5.02 Å². The van der Waals surface area contributed by atoms with Crippen LogP contribution in [0.5, 0.6) is 0 Å². The van der Waals surface area contributed by atoms with Crippen molar-refractivity contribution in [1.29, 1.82) is 0 Å². The molecular formula is C18H13ClNO3P. The number of benzene rings is 3. The second-order valence-electron chi connectivity index (χ2n) is 5.15. The van der Waals surface area contributed by atoms with E-state index in [1.165, 1.54) is 12.1 Å². The highest BCUT2D eigenvalue weighted by Crippen LogP contribution is 2.46. The molecule has 0 aliphatic carbocycles. The normalized spacial score (nSPS) is 11.2. The van der Waals surface area contributed by atoms with E-state index in [0.717, 1.165) is 0 Å². The van der Waals surface area contributed by atoms with Crippen LogP contribution in [-0.4, -0.2) is 4.92 Å². The van der Waals surface area contributed by atoms with Gasteiger partial charge in [0.25, 0.3) is 5.69 Å². The second-order valence-corrected chi connectivity index (χ2v) is 8.29. The van der Waals surface area contributed by atoms with Crippen LogP contribution in [0.1, 0.15) is 0 Å². The van der Waals surface area contributed by atoms with Crippen molar-refractivity contribution in [2.45, 2.75) is 0 Å². The Balaban J connectivity index is 2.39. The number of hydrogen-bond acceptors (Lipinski definition) is 3. The number of hydrogen-bond donors (Lipinski definition) is 0. The minimum Gasteiger partial charge on any atom is -0.308 e. The lowest BCUT2D eigenvalue weighted by atomic mass is 10.3. The quantitative estimate of drug-likeness (QED) is 0.404. The van der Waals surface area contributed by atoms with E-state index in [9.17, 15) is 14.7 Å². The molecule has 120 valence electrons. The monoisotopic (exact) mass is 357 g/mol. The van der Waals surface area contributed by atoms with Crippen molar-refractivity contribution in [3.63, 3.8) is 0 Å². The zero-order valence-corrected chi connectivity index (χ0v) is 14.2. The molecule has 0 bridgehead atoms. The van der Waals surface area contributed by atoms with Crippen LogP contribution in [0, 0.1) is 10.1 Å². The van der Waals surface area contributed by atoms with Gasteiger partial charge in [-0.3, -0.25) is 10.1 Å². The number of nitro groups is 1. The fourth-order valence-corrected chi connectivity index (χ4v) is 5.79. The first-order valence-corrected chi connectivity index (χ1v) is 9.28. The van der Waals surface area contributed by atoms with Gasteiger partial charge in [-0.25, -0.2) is 0 Å². The Morgan fingerprint density at radius 3 is 1.75 bits per heavy atom. The van der Waals surface area contributed by atoms with E-state index in [0.29, 0.717) is 10.6 Å². The van der Waals surface area contributed by atoms with Crippen LogP contribution < -0.4 is 15.9 Å². The fraction of sp³-hybridized carbons (Fsp3) is 0. The summed E-state index contributed by atoms with van der Waals surface area (Å²) in [4.78, 5) is 11.0. The maximum absolute atomic E-state index is 14.1. The maximum Gasteiger partial charge on any atom is 0.299 e. The summed E-state index contributed by atoms with van der Waals surface area (Å²) in [6.45, 7) is 0. The van der Waals surface area contributed by atoms with Crippen molar-refractivity contribution in [3.05, 3.63) is 94.0 Å². The lowest BCUT2D eigenvalue weighted by Gasteiger charge is -2.20. The van der Waals surface area contributed by atoms with Gasteiger partial charge in [-0.05, 0) is 12.1 Å². The summed E-state index contributed by atoms with van der Waals surface area (Å²) >= 11 is 6.04. The van der Waals surface area contributed by atoms with Gasteiger partial charge >= 0.3 is 0 Å². The largest absolute Gasteiger partial charge is 0.308 e. The van der Waals surface area contributed by atoms with Crippen molar-refractivity contribution in [2.75, 3.05) is 0 Å². The molecule has 0 fully saturated rings. The van der Waals surface area contributed by atoms with E-state index < -0.39 is 12.1 Å². The summed E-state index contributed by atoms with van der Waals surface area (Å²) in [7, 11) is -3.42. The van der Waals surface area contributed by atoms with Crippen molar-refractivity contribution in [2.24, 2.45) is 0 Å². The smallest absolute Gasteiger partial charge is 0.299 e. The summed E-state index contributed by atoms with van der Waals surface area (Å²) in [6.07, 6.45) is 0. The third kappa shape index (κ3) is 2.75. The van der Waals surface area contributed by atoms with Gasteiger partial charge in [0.05, 0.1) is 10.2 Å². The maximum atomic E-state index is 14.1. The third-order valence-electron chi connectivity index (χ3n) is 3.73. The molecule has 3 aromatic rings. The van der Waals surface area contributed by atoms with Gasteiger partial charge in [0.1, 0.15) is 5.02 Å². The van der Waals surface area contributed by atoms with Crippen LogP contribution in [0.25, 0.3) is 0 Å². The lowest BCUT2D eigenvalue weighted by Crippen LogP contribution is -2.26. The highest BCUT2D eigenvalue weighted by Gasteiger charge is 2.37. The molecule has 6 heteroatoms. The summed E-state index contributed by atoms with van der Waals surface area (Å²) in [5, 5.41) is 12.7. The molecule has 0 N–H and O–H groups in total. The molecule has 3 aromatic carbocycles. The minimum atomic E-state index is -3.42. The van der Waals surface area contributed by atoms with Gasteiger partial charge < -0.3 is 4.57 Å². The predicted molar refractivity (Wildman–Crippen MR) is 97.5 cm³/mol. The van der Waals surface area contributed by atoms with Crippen molar-refractivity contribution in [3.8, 4) is 0 Å². The molecule has 0 saturated heterocycles. The zero-order chi connectivity index (χ0) is 17.2. The third-order valence-corrected chi connectivity index (χ3v) is 7.12. The minimum absolute atomic E-state index is 0.0235. The molecule has 0 aliphatic rings. The molecule has 4 nitrogen and oxygen atoms in total. The highest BCUT2D eigenvalue weighted by atomic mass is 35.5. The summed E-state index contributed by atoms with van der Waals surface area (Å²) in [6, 6.07) is 22.1.